The van der Waals surface area contributed by atoms with Gasteiger partial charge in [-0.25, -0.2) is 14.4 Å². The number of nitrogens with zero attached hydrogens (tertiary/aromatic N) is 1. The number of carboxylic acids is 1. The highest BCUT2D eigenvalue weighted by Gasteiger charge is 2.30. The van der Waals surface area contributed by atoms with Crippen molar-refractivity contribution in [3.63, 3.8) is 0 Å². The maximum Gasteiger partial charge on any atom is 0.419 e. The van der Waals surface area contributed by atoms with E-state index in [0.717, 1.165) is 45.2 Å². The molecule has 1 aromatic heterocycles. The van der Waals surface area contributed by atoms with Crippen LogP contribution in [0.1, 0.15) is 49.8 Å². The van der Waals surface area contributed by atoms with E-state index in [0.29, 0.717) is 30.0 Å². The number of benzene rings is 4. The van der Waals surface area contributed by atoms with Crippen LogP contribution in [0.5, 0.6) is 5.75 Å². The molecule has 1 atom stereocenters. The van der Waals surface area contributed by atoms with Crippen LogP contribution in [0.15, 0.2) is 97.2 Å². The third-order valence-corrected chi connectivity index (χ3v) is 8.77. The highest BCUT2D eigenvalue weighted by molar-refractivity contribution is 6.01. The van der Waals surface area contributed by atoms with Crippen molar-refractivity contribution in [2.75, 3.05) is 26.9 Å². The molecule has 6 rings (SSSR count). The second kappa shape index (κ2) is 15.1. The van der Waals surface area contributed by atoms with Gasteiger partial charge >= 0.3 is 18.2 Å². The third kappa shape index (κ3) is 8.07. The number of alkyl carbamates (subject to hydrolysis) is 1. The van der Waals surface area contributed by atoms with Gasteiger partial charge in [0.1, 0.15) is 24.0 Å². The fraction of sp³-hybridized carbons (Fsp3) is 0.293. The van der Waals surface area contributed by atoms with Crippen LogP contribution in [0.3, 0.4) is 0 Å². The highest BCUT2D eigenvalue weighted by Crippen LogP contribution is 2.44. The van der Waals surface area contributed by atoms with Crippen LogP contribution in [0, 0.1) is 0 Å². The van der Waals surface area contributed by atoms with Crippen LogP contribution < -0.4 is 10.1 Å². The molecule has 0 saturated carbocycles. The van der Waals surface area contributed by atoms with Crippen molar-refractivity contribution in [3.05, 3.63) is 114 Å². The molecule has 0 bridgehead atoms. The molecule has 10 nitrogen and oxygen atoms in total. The Hall–Kier alpha value is -5.61. The SMILES string of the molecule is COCCCOc1ccc2c(c1)c(-c1ccc(C[C@H](NC(=O)OCC3c4ccccc4-c4ccccc43)C(=O)O)cc1)cn2C(=O)OC(C)(C)C. The molecule has 1 aliphatic rings. The van der Waals surface area contributed by atoms with Gasteiger partial charge in [0.25, 0.3) is 0 Å². The summed E-state index contributed by atoms with van der Waals surface area (Å²) in [6, 6.07) is 27.7. The Bertz CT molecular complexity index is 2000. The Balaban J connectivity index is 1.16. The fourth-order valence-corrected chi connectivity index (χ4v) is 6.42. The number of aromatic nitrogens is 1. The number of rotatable bonds is 12. The molecule has 2 N–H and O–H groups in total. The molecule has 4 aromatic carbocycles. The number of aliphatic carboxylic acids is 1. The molecule has 5 aromatic rings. The van der Waals surface area contributed by atoms with Gasteiger partial charge in [-0.1, -0.05) is 72.8 Å². The summed E-state index contributed by atoms with van der Waals surface area (Å²) in [6.45, 7) is 6.58. The van der Waals surface area contributed by atoms with Crippen molar-refractivity contribution in [1.82, 2.24) is 9.88 Å². The molecular weight excluding hydrogens is 648 g/mol. The Labute approximate surface area is 296 Å². The monoisotopic (exact) mass is 690 g/mol. The molecule has 1 amide bonds. The summed E-state index contributed by atoms with van der Waals surface area (Å²) >= 11 is 0. The minimum atomic E-state index is -1.21. The maximum atomic E-state index is 13.2. The van der Waals surface area contributed by atoms with Crippen molar-refractivity contribution >= 4 is 29.1 Å². The first-order valence-corrected chi connectivity index (χ1v) is 17.0. The van der Waals surface area contributed by atoms with Crippen molar-refractivity contribution < 1.29 is 38.4 Å². The normalized spacial score (nSPS) is 12.9. The largest absolute Gasteiger partial charge is 0.493 e. The minimum absolute atomic E-state index is 0.0406. The number of carboxylic acid groups (broad SMARTS) is 1. The average molecular weight is 691 g/mol. The topological polar surface area (TPSA) is 125 Å². The van der Waals surface area contributed by atoms with Gasteiger partial charge in [-0.2, -0.15) is 0 Å². The second-order valence-corrected chi connectivity index (χ2v) is 13.5. The van der Waals surface area contributed by atoms with Gasteiger partial charge in [-0.15, -0.1) is 0 Å². The van der Waals surface area contributed by atoms with Crippen LogP contribution in [-0.2, 0) is 25.4 Å². The van der Waals surface area contributed by atoms with Crippen LogP contribution in [0.2, 0.25) is 0 Å². The van der Waals surface area contributed by atoms with E-state index in [-0.39, 0.29) is 18.9 Å². The zero-order valence-corrected chi connectivity index (χ0v) is 29.2. The number of nitrogens with one attached hydrogen (secondary N) is 1. The van der Waals surface area contributed by atoms with Crippen LogP contribution >= 0.6 is 0 Å². The number of carbonyl (C=O) groups excluding carboxylic acids is 2. The Morgan fingerprint density at radius 3 is 2.16 bits per heavy atom. The molecule has 0 radical (unpaired) electrons. The zero-order chi connectivity index (χ0) is 36.1. The van der Waals surface area contributed by atoms with Gasteiger partial charge in [0.15, 0.2) is 0 Å². The van der Waals surface area contributed by atoms with Crippen LogP contribution in [0.25, 0.3) is 33.2 Å². The van der Waals surface area contributed by atoms with E-state index >= 15 is 0 Å². The fourth-order valence-electron chi connectivity index (χ4n) is 6.42. The lowest BCUT2D eigenvalue weighted by atomic mass is 9.98. The van der Waals surface area contributed by atoms with Gasteiger partial charge in [0, 0.05) is 49.6 Å². The number of amides is 1. The third-order valence-electron chi connectivity index (χ3n) is 8.77. The Morgan fingerprint density at radius 2 is 1.53 bits per heavy atom. The van der Waals surface area contributed by atoms with Crippen LogP contribution in [-0.4, -0.2) is 66.4 Å². The van der Waals surface area contributed by atoms with Gasteiger partial charge in [0.05, 0.1) is 12.1 Å². The number of methoxy groups -OCH3 is 1. The van der Waals surface area contributed by atoms with Crippen molar-refractivity contribution in [2.24, 2.45) is 0 Å². The molecule has 264 valence electrons. The quantitative estimate of drug-likeness (QED) is 0.126. The van der Waals surface area contributed by atoms with Gasteiger partial charge < -0.3 is 29.4 Å². The summed E-state index contributed by atoms with van der Waals surface area (Å²) in [6.07, 6.45) is 1.21. The number of fused-ring (bicyclic) bond motifs is 4. The van der Waals surface area contributed by atoms with Crippen molar-refractivity contribution in [1.29, 1.82) is 0 Å². The smallest absolute Gasteiger partial charge is 0.419 e. The number of carbonyl (C=O) groups is 3. The second-order valence-electron chi connectivity index (χ2n) is 13.5. The van der Waals surface area contributed by atoms with E-state index in [2.05, 4.69) is 17.4 Å². The number of ether oxygens (including phenoxy) is 4. The molecule has 0 aliphatic heterocycles. The predicted molar refractivity (Wildman–Crippen MR) is 194 cm³/mol. The first kappa shape index (κ1) is 35.2. The van der Waals surface area contributed by atoms with Crippen molar-refractivity contribution in [2.45, 2.75) is 51.2 Å². The zero-order valence-electron chi connectivity index (χ0n) is 29.2. The Morgan fingerprint density at radius 1 is 0.863 bits per heavy atom. The maximum absolute atomic E-state index is 13.2. The molecule has 0 saturated heterocycles. The van der Waals surface area contributed by atoms with E-state index < -0.39 is 29.8 Å². The summed E-state index contributed by atoms with van der Waals surface area (Å²) in [5, 5.41) is 13.3. The van der Waals surface area contributed by atoms with E-state index in [4.69, 9.17) is 18.9 Å². The number of hydrogen-bond donors (Lipinski definition) is 2. The highest BCUT2D eigenvalue weighted by atomic mass is 16.6. The predicted octanol–water partition coefficient (Wildman–Crippen LogP) is 8.04. The van der Waals surface area contributed by atoms with Gasteiger partial charge in [-0.05, 0) is 72.4 Å². The van der Waals surface area contributed by atoms with E-state index in [1.54, 1.807) is 13.3 Å². The summed E-state index contributed by atoms with van der Waals surface area (Å²) < 4.78 is 23.8. The molecule has 10 heteroatoms. The first-order valence-electron chi connectivity index (χ1n) is 17.0. The van der Waals surface area contributed by atoms with E-state index in [1.807, 2.05) is 99.6 Å². The van der Waals surface area contributed by atoms with E-state index in [1.165, 1.54) is 4.57 Å². The lowest BCUT2D eigenvalue weighted by Gasteiger charge is -2.19. The summed E-state index contributed by atoms with van der Waals surface area (Å²) in [5.74, 6) is -0.661. The molecule has 0 spiro atoms. The Kier molecular flexibility index (Phi) is 10.4. The standard InChI is InChI=1S/C41H42N2O8/c1-41(2,3)51-40(47)43-24-34(33-23-28(18-19-37(33)43)49-21-9-20-48-4)27-16-14-26(15-17-27)22-36(38(44)45)42-39(46)50-25-35-31-12-7-5-10-29(31)30-11-6-8-13-32(30)35/h5-8,10-19,23-24,35-36H,9,20-22,25H2,1-4H3,(H,42,46)(H,44,45)/t36-/m0/s1. The molecule has 0 fully saturated rings. The molecule has 51 heavy (non-hydrogen) atoms. The molecule has 1 heterocycles. The first-order chi connectivity index (χ1) is 24.5. The molecule has 0 unspecified atom stereocenters. The van der Waals surface area contributed by atoms with Crippen LogP contribution in [0.4, 0.5) is 9.59 Å². The summed E-state index contributed by atoms with van der Waals surface area (Å²) in [5.41, 5.74) is 6.60. The lowest BCUT2D eigenvalue weighted by molar-refractivity contribution is -0.139. The summed E-state index contributed by atoms with van der Waals surface area (Å²) in [4.78, 5) is 38.3. The minimum Gasteiger partial charge on any atom is -0.493 e. The molecule has 1 aliphatic carbocycles. The van der Waals surface area contributed by atoms with Gasteiger partial charge in [0.2, 0.25) is 0 Å². The van der Waals surface area contributed by atoms with E-state index in [9.17, 15) is 19.5 Å². The lowest BCUT2D eigenvalue weighted by Crippen LogP contribution is -2.42. The average Bonchev–Trinajstić information content (AvgIpc) is 3.64. The van der Waals surface area contributed by atoms with Crippen molar-refractivity contribution in [3.8, 4) is 28.0 Å². The molecular formula is C41H42N2O8. The van der Waals surface area contributed by atoms with Gasteiger partial charge in [-0.3, -0.25) is 4.57 Å². The summed E-state index contributed by atoms with van der Waals surface area (Å²) in [7, 11) is 1.64. The number of hydrogen-bond acceptors (Lipinski definition) is 7.